The maximum absolute atomic E-state index is 11.7. The Balaban J connectivity index is 2.47. The first kappa shape index (κ1) is 8.76. The smallest absolute Gasteiger partial charge is 0.244 e. The van der Waals surface area contributed by atoms with Crippen molar-refractivity contribution in [1.29, 1.82) is 0 Å². The maximum Gasteiger partial charge on any atom is 0.244 e. The number of aliphatic imine (C=N–C) groups is 1. The highest BCUT2D eigenvalue weighted by molar-refractivity contribution is 7.90. The fourth-order valence-electron chi connectivity index (χ4n) is 1.51. The van der Waals surface area contributed by atoms with Crippen molar-refractivity contribution in [2.45, 2.75) is 11.3 Å². The van der Waals surface area contributed by atoms with Gasteiger partial charge in [-0.2, -0.15) is 0 Å². The Kier molecular flexibility index (Phi) is 1.74. The highest BCUT2D eigenvalue weighted by Crippen LogP contribution is 2.24. The summed E-state index contributed by atoms with van der Waals surface area (Å²) >= 11 is 0. The highest BCUT2D eigenvalue weighted by atomic mass is 32.2. The van der Waals surface area contributed by atoms with Crippen LogP contribution in [0.2, 0.25) is 0 Å². The van der Waals surface area contributed by atoms with Crippen molar-refractivity contribution in [2.24, 2.45) is 10.7 Å². The monoisotopic (exact) mass is 205 g/mol. The molecule has 13 heavy (non-hydrogen) atoms. The molecular formula is C6H11N3O3S. The first-order valence-electron chi connectivity index (χ1n) is 3.92. The molecule has 7 heteroatoms. The largest absolute Gasteiger partial charge is 0.378 e. The summed E-state index contributed by atoms with van der Waals surface area (Å²) in [5.41, 5.74) is 5.45. The molecule has 0 saturated carbocycles. The number of sulfonamides is 1. The van der Waals surface area contributed by atoms with Gasteiger partial charge in [0.25, 0.3) is 0 Å². The fourth-order valence-corrected chi connectivity index (χ4v) is 3.03. The van der Waals surface area contributed by atoms with Crippen LogP contribution in [0.3, 0.4) is 0 Å². The van der Waals surface area contributed by atoms with Crippen LogP contribution in [0.15, 0.2) is 4.99 Å². The van der Waals surface area contributed by atoms with Crippen LogP contribution < -0.4 is 5.73 Å². The van der Waals surface area contributed by atoms with Crippen molar-refractivity contribution in [3.63, 3.8) is 0 Å². The van der Waals surface area contributed by atoms with Gasteiger partial charge in [0.2, 0.25) is 16.0 Å². The lowest BCUT2D eigenvalue weighted by Crippen LogP contribution is -2.52. The molecule has 2 rings (SSSR count). The van der Waals surface area contributed by atoms with E-state index in [1.165, 1.54) is 7.05 Å². The van der Waals surface area contributed by atoms with Gasteiger partial charge in [0, 0.05) is 7.05 Å². The van der Waals surface area contributed by atoms with Gasteiger partial charge in [-0.25, -0.2) is 17.7 Å². The van der Waals surface area contributed by atoms with E-state index in [1.807, 2.05) is 0 Å². The molecule has 6 nitrogen and oxygen atoms in total. The topological polar surface area (TPSA) is 85.0 Å². The second-order valence-corrected chi connectivity index (χ2v) is 5.33. The molecule has 2 aliphatic rings. The average molecular weight is 205 g/mol. The Hall–Kier alpha value is -0.820. The SMILES string of the molecule is CN1C(N)=NC2COCC2S1(=O)=O. The molecule has 0 aliphatic carbocycles. The zero-order valence-corrected chi connectivity index (χ0v) is 7.99. The molecule has 0 spiro atoms. The third kappa shape index (κ3) is 1.11. The van der Waals surface area contributed by atoms with Crippen LogP contribution in [0.25, 0.3) is 0 Å². The Morgan fingerprint density at radius 3 is 3.00 bits per heavy atom. The minimum Gasteiger partial charge on any atom is -0.378 e. The fraction of sp³-hybridized carbons (Fsp3) is 0.833. The highest BCUT2D eigenvalue weighted by Gasteiger charge is 2.45. The molecule has 2 aliphatic heterocycles. The van der Waals surface area contributed by atoms with E-state index in [9.17, 15) is 8.42 Å². The zero-order valence-electron chi connectivity index (χ0n) is 7.17. The van der Waals surface area contributed by atoms with E-state index in [1.54, 1.807) is 0 Å². The summed E-state index contributed by atoms with van der Waals surface area (Å²) in [4.78, 5) is 4.04. The summed E-state index contributed by atoms with van der Waals surface area (Å²) in [5.74, 6) is 0.0479. The lowest BCUT2D eigenvalue weighted by molar-refractivity contribution is 0.194. The molecule has 0 aromatic heterocycles. The van der Waals surface area contributed by atoms with Crippen molar-refractivity contribution in [3.8, 4) is 0 Å². The third-order valence-electron chi connectivity index (χ3n) is 2.38. The summed E-state index contributed by atoms with van der Waals surface area (Å²) < 4.78 is 29.5. The molecule has 0 aromatic carbocycles. The normalized spacial score (nSPS) is 37.0. The Labute approximate surface area is 76.4 Å². The summed E-state index contributed by atoms with van der Waals surface area (Å²) in [5, 5.41) is -0.551. The van der Waals surface area contributed by atoms with Gasteiger partial charge in [0.05, 0.1) is 19.3 Å². The second kappa shape index (κ2) is 2.58. The van der Waals surface area contributed by atoms with Crippen LogP contribution in [0, 0.1) is 0 Å². The van der Waals surface area contributed by atoms with E-state index < -0.39 is 15.3 Å². The molecular weight excluding hydrogens is 194 g/mol. The van der Waals surface area contributed by atoms with Crippen molar-refractivity contribution in [2.75, 3.05) is 20.3 Å². The van der Waals surface area contributed by atoms with E-state index in [4.69, 9.17) is 10.5 Å². The molecule has 0 aromatic rings. The molecule has 1 saturated heterocycles. The van der Waals surface area contributed by atoms with Crippen molar-refractivity contribution < 1.29 is 13.2 Å². The molecule has 74 valence electrons. The van der Waals surface area contributed by atoms with Crippen LogP contribution >= 0.6 is 0 Å². The quantitative estimate of drug-likeness (QED) is 0.513. The van der Waals surface area contributed by atoms with E-state index >= 15 is 0 Å². The van der Waals surface area contributed by atoms with E-state index in [0.29, 0.717) is 6.61 Å². The number of guanidine groups is 1. The van der Waals surface area contributed by atoms with E-state index in [0.717, 1.165) is 4.31 Å². The molecule has 1 fully saturated rings. The van der Waals surface area contributed by atoms with Crippen LogP contribution in [0.5, 0.6) is 0 Å². The average Bonchev–Trinajstić information content (AvgIpc) is 2.49. The number of nitrogens with zero attached hydrogens (tertiary/aromatic N) is 2. The number of hydrogen-bond acceptors (Lipinski definition) is 5. The molecule has 0 radical (unpaired) electrons. The van der Waals surface area contributed by atoms with Crippen LogP contribution in [0.1, 0.15) is 0 Å². The minimum absolute atomic E-state index is 0.0479. The number of ether oxygens (including phenoxy) is 1. The Morgan fingerprint density at radius 1 is 1.62 bits per heavy atom. The number of rotatable bonds is 0. The number of hydrogen-bond donors (Lipinski definition) is 1. The van der Waals surface area contributed by atoms with Gasteiger partial charge < -0.3 is 10.5 Å². The summed E-state index contributed by atoms with van der Waals surface area (Å²) in [7, 11) is -1.93. The Morgan fingerprint density at radius 2 is 2.31 bits per heavy atom. The molecule has 2 unspecified atom stereocenters. The molecule has 0 amide bonds. The van der Waals surface area contributed by atoms with Crippen molar-refractivity contribution >= 4 is 16.0 Å². The van der Waals surface area contributed by atoms with Gasteiger partial charge in [-0.05, 0) is 0 Å². The van der Waals surface area contributed by atoms with E-state index in [2.05, 4.69) is 4.99 Å². The van der Waals surface area contributed by atoms with Gasteiger partial charge in [-0.3, -0.25) is 0 Å². The number of nitrogens with two attached hydrogens (primary N) is 1. The maximum atomic E-state index is 11.7. The predicted molar refractivity (Wildman–Crippen MR) is 46.7 cm³/mol. The minimum atomic E-state index is -3.34. The van der Waals surface area contributed by atoms with Gasteiger partial charge in [0.1, 0.15) is 5.25 Å². The van der Waals surface area contributed by atoms with Gasteiger partial charge >= 0.3 is 0 Å². The van der Waals surface area contributed by atoms with Crippen molar-refractivity contribution in [1.82, 2.24) is 4.31 Å². The van der Waals surface area contributed by atoms with Gasteiger partial charge in [-0.15, -0.1) is 0 Å². The lowest BCUT2D eigenvalue weighted by Gasteiger charge is -2.28. The lowest BCUT2D eigenvalue weighted by atomic mass is 10.3. The predicted octanol–water partition coefficient (Wildman–Crippen LogP) is -1.66. The second-order valence-electron chi connectivity index (χ2n) is 3.14. The summed E-state index contributed by atoms with van der Waals surface area (Å²) in [6, 6.07) is -0.318. The summed E-state index contributed by atoms with van der Waals surface area (Å²) in [6.45, 7) is 0.562. The Bertz CT molecular complexity index is 350. The van der Waals surface area contributed by atoms with Gasteiger partial charge in [0.15, 0.2) is 0 Å². The first-order chi connectivity index (χ1) is 6.03. The standard InChI is InChI=1S/C6H11N3O3S/c1-9-6(7)8-4-2-12-3-5(4)13(9,10)11/h4-5H,2-3H2,1H3,(H2,7,8). The third-order valence-corrected chi connectivity index (χ3v) is 4.55. The van der Waals surface area contributed by atoms with Crippen LogP contribution in [0.4, 0.5) is 0 Å². The zero-order chi connectivity index (χ0) is 9.64. The molecule has 2 heterocycles. The summed E-state index contributed by atoms with van der Waals surface area (Å²) in [6.07, 6.45) is 0. The van der Waals surface area contributed by atoms with Crippen LogP contribution in [-0.4, -0.2) is 50.2 Å². The van der Waals surface area contributed by atoms with Crippen LogP contribution in [-0.2, 0) is 14.8 Å². The first-order valence-corrected chi connectivity index (χ1v) is 5.42. The molecule has 0 bridgehead atoms. The van der Waals surface area contributed by atoms with Crippen molar-refractivity contribution in [3.05, 3.63) is 0 Å². The number of fused-ring (bicyclic) bond motifs is 1. The molecule has 2 N–H and O–H groups in total. The van der Waals surface area contributed by atoms with Gasteiger partial charge in [-0.1, -0.05) is 0 Å². The molecule has 2 atom stereocenters. The van der Waals surface area contributed by atoms with E-state index in [-0.39, 0.29) is 18.6 Å².